The molecular weight excluding hydrogens is 256 g/mol. The highest BCUT2D eigenvalue weighted by molar-refractivity contribution is 7.09. The number of ether oxygens (including phenoxy) is 1. The van der Waals surface area contributed by atoms with Crippen LogP contribution in [0.5, 0.6) is 0 Å². The van der Waals surface area contributed by atoms with Crippen LogP contribution in [0.4, 0.5) is 0 Å². The second kappa shape index (κ2) is 8.00. The summed E-state index contributed by atoms with van der Waals surface area (Å²) in [6, 6.07) is 4.97. The minimum absolute atomic E-state index is 0.616. The van der Waals surface area contributed by atoms with Gasteiger partial charge in [0.15, 0.2) is 0 Å². The molecule has 1 N–H and O–H groups in total. The van der Waals surface area contributed by atoms with E-state index in [4.69, 9.17) is 4.74 Å². The van der Waals surface area contributed by atoms with E-state index in [1.54, 1.807) is 0 Å². The van der Waals surface area contributed by atoms with Crippen LogP contribution in [0.1, 0.15) is 24.6 Å². The summed E-state index contributed by atoms with van der Waals surface area (Å²) in [7, 11) is 2.21. The molecule has 0 radical (unpaired) electrons. The molecule has 1 aliphatic heterocycles. The largest absolute Gasteiger partial charge is 0.381 e. The van der Waals surface area contributed by atoms with Gasteiger partial charge >= 0.3 is 0 Å². The van der Waals surface area contributed by atoms with Gasteiger partial charge in [-0.3, -0.25) is 0 Å². The van der Waals surface area contributed by atoms with E-state index in [1.165, 1.54) is 11.3 Å². The molecule has 1 saturated heterocycles. The van der Waals surface area contributed by atoms with Gasteiger partial charge < -0.3 is 15.0 Å². The maximum Gasteiger partial charge on any atom is 0.0521 e. The fraction of sp³-hybridized carbons (Fsp3) is 0.733. The van der Waals surface area contributed by atoms with Gasteiger partial charge in [0.2, 0.25) is 0 Å². The standard InChI is InChI=1S/C15H26N2OS/c1-3-7-16-15-6-8-18-12-13(15)10-17(2)11-14-5-4-9-19-14/h4-5,9,13,15-16H,3,6-8,10-12H2,1-2H3. The lowest BCUT2D eigenvalue weighted by atomic mass is 9.95. The van der Waals surface area contributed by atoms with Crippen molar-refractivity contribution in [2.45, 2.75) is 32.4 Å². The summed E-state index contributed by atoms with van der Waals surface area (Å²) in [6.07, 6.45) is 2.35. The van der Waals surface area contributed by atoms with E-state index in [0.717, 1.165) is 39.3 Å². The molecule has 1 aliphatic rings. The van der Waals surface area contributed by atoms with Crippen LogP contribution in [-0.4, -0.2) is 44.3 Å². The molecule has 0 aliphatic carbocycles. The first-order valence-corrected chi connectivity index (χ1v) is 8.19. The first-order valence-electron chi connectivity index (χ1n) is 7.31. The molecule has 1 aromatic rings. The summed E-state index contributed by atoms with van der Waals surface area (Å²) >= 11 is 1.84. The Balaban J connectivity index is 1.80. The molecule has 1 aromatic heterocycles. The Morgan fingerprint density at radius 2 is 2.42 bits per heavy atom. The molecule has 4 heteroatoms. The molecule has 2 rings (SSSR count). The molecule has 108 valence electrons. The van der Waals surface area contributed by atoms with Crippen molar-refractivity contribution in [3.63, 3.8) is 0 Å². The summed E-state index contributed by atoms with van der Waals surface area (Å²) in [5, 5.41) is 5.83. The predicted molar refractivity (Wildman–Crippen MR) is 81.7 cm³/mol. The Morgan fingerprint density at radius 1 is 1.53 bits per heavy atom. The highest BCUT2D eigenvalue weighted by Gasteiger charge is 2.26. The lowest BCUT2D eigenvalue weighted by Gasteiger charge is -2.34. The van der Waals surface area contributed by atoms with Crippen molar-refractivity contribution in [1.29, 1.82) is 0 Å². The number of hydrogen-bond acceptors (Lipinski definition) is 4. The third-order valence-corrected chi connectivity index (χ3v) is 4.54. The molecule has 0 spiro atoms. The zero-order chi connectivity index (χ0) is 13.5. The summed E-state index contributed by atoms with van der Waals surface area (Å²) in [5.41, 5.74) is 0. The molecule has 19 heavy (non-hydrogen) atoms. The second-order valence-electron chi connectivity index (χ2n) is 5.46. The average molecular weight is 282 g/mol. The van der Waals surface area contributed by atoms with Crippen LogP contribution in [0.15, 0.2) is 17.5 Å². The second-order valence-corrected chi connectivity index (χ2v) is 6.49. The van der Waals surface area contributed by atoms with E-state index in [0.29, 0.717) is 12.0 Å². The maximum atomic E-state index is 5.66. The Morgan fingerprint density at radius 3 is 3.16 bits per heavy atom. The molecule has 0 saturated carbocycles. The van der Waals surface area contributed by atoms with Gasteiger partial charge in [0, 0.05) is 36.5 Å². The van der Waals surface area contributed by atoms with Gasteiger partial charge in [-0.15, -0.1) is 11.3 Å². The van der Waals surface area contributed by atoms with Gasteiger partial charge in [-0.05, 0) is 37.9 Å². The van der Waals surface area contributed by atoms with Gasteiger partial charge in [-0.25, -0.2) is 0 Å². The third kappa shape index (κ3) is 4.88. The van der Waals surface area contributed by atoms with Gasteiger partial charge in [0.1, 0.15) is 0 Å². The molecule has 0 bridgehead atoms. The number of thiophene rings is 1. The normalized spacial score (nSPS) is 23.9. The van der Waals surface area contributed by atoms with Crippen molar-refractivity contribution in [3.05, 3.63) is 22.4 Å². The van der Waals surface area contributed by atoms with E-state index in [9.17, 15) is 0 Å². The van der Waals surface area contributed by atoms with Crippen LogP contribution < -0.4 is 5.32 Å². The molecule has 1 fully saturated rings. The zero-order valence-electron chi connectivity index (χ0n) is 12.1. The molecule has 0 amide bonds. The summed E-state index contributed by atoms with van der Waals surface area (Å²) in [4.78, 5) is 3.86. The zero-order valence-corrected chi connectivity index (χ0v) is 12.9. The average Bonchev–Trinajstić information content (AvgIpc) is 2.90. The third-order valence-electron chi connectivity index (χ3n) is 3.68. The first-order chi connectivity index (χ1) is 9.29. The first kappa shape index (κ1) is 15.0. The number of nitrogens with one attached hydrogen (secondary N) is 1. The van der Waals surface area contributed by atoms with Crippen molar-refractivity contribution in [1.82, 2.24) is 10.2 Å². The van der Waals surface area contributed by atoms with Gasteiger partial charge in [-0.1, -0.05) is 13.0 Å². The van der Waals surface area contributed by atoms with E-state index < -0.39 is 0 Å². The van der Waals surface area contributed by atoms with Crippen LogP contribution in [-0.2, 0) is 11.3 Å². The van der Waals surface area contributed by atoms with Gasteiger partial charge in [0.05, 0.1) is 6.61 Å². The van der Waals surface area contributed by atoms with Crippen LogP contribution in [0, 0.1) is 5.92 Å². The summed E-state index contributed by atoms with van der Waals surface area (Å²) in [6.45, 7) is 7.32. The van der Waals surface area contributed by atoms with Crippen LogP contribution in [0.3, 0.4) is 0 Å². The monoisotopic (exact) mass is 282 g/mol. The Bertz CT molecular complexity index is 342. The fourth-order valence-electron chi connectivity index (χ4n) is 2.71. The summed E-state index contributed by atoms with van der Waals surface area (Å²) < 4.78 is 5.66. The van der Waals surface area contributed by atoms with Gasteiger partial charge in [0.25, 0.3) is 0 Å². The highest BCUT2D eigenvalue weighted by Crippen LogP contribution is 2.18. The molecule has 2 heterocycles. The number of rotatable bonds is 7. The van der Waals surface area contributed by atoms with Crippen LogP contribution >= 0.6 is 11.3 Å². The smallest absolute Gasteiger partial charge is 0.0521 e. The maximum absolute atomic E-state index is 5.66. The Labute approximate surface area is 121 Å². The van der Waals surface area contributed by atoms with Crippen molar-refractivity contribution < 1.29 is 4.74 Å². The SMILES string of the molecule is CCCNC1CCOCC1CN(C)Cc1cccs1. The Hall–Kier alpha value is -0.420. The molecule has 2 unspecified atom stereocenters. The van der Waals surface area contributed by atoms with E-state index in [2.05, 4.69) is 41.7 Å². The van der Waals surface area contributed by atoms with Crippen LogP contribution in [0.2, 0.25) is 0 Å². The summed E-state index contributed by atoms with van der Waals surface area (Å²) in [5.74, 6) is 0.616. The van der Waals surface area contributed by atoms with E-state index >= 15 is 0 Å². The highest BCUT2D eigenvalue weighted by atomic mass is 32.1. The number of hydrogen-bond donors (Lipinski definition) is 1. The quantitative estimate of drug-likeness (QED) is 0.832. The van der Waals surface area contributed by atoms with E-state index in [1.807, 2.05) is 11.3 Å². The molecule has 2 atom stereocenters. The van der Waals surface area contributed by atoms with Crippen LogP contribution in [0.25, 0.3) is 0 Å². The molecule has 0 aromatic carbocycles. The topological polar surface area (TPSA) is 24.5 Å². The molecule has 3 nitrogen and oxygen atoms in total. The van der Waals surface area contributed by atoms with Crippen molar-refractivity contribution >= 4 is 11.3 Å². The van der Waals surface area contributed by atoms with E-state index in [-0.39, 0.29) is 0 Å². The molecular formula is C15H26N2OS. The Kier molecular flexibility index (Phi) is 6.31. The minimum atomic E-state index is 0.616. The van der Waals surface area contributed by atoms with Crippen molar-refractivity contribution in [3.8, 4) is 0 Å². The van der Waals surface area contributed by atoms with Crippen molar-refractivity contribution in [2.75, 3.05) is 33.4 Å². The minimum Gasteiger partial charge on any atom is -0.381 e. The van der Waals surface area contributed by atoms with Crippen molar-refractivity contribution in [2.24, 2.45) is 5.92 Å². The lowest BCUT2D eigenvalue weighted by molar-refractivity contribution is 0.0190. The number of nitrogens with zero attached hydrogens (tertiary/aromatic N) is 1. The lowest BCUT2D eigenvalue weighted by Crippen LogP contribution is -2.47. The van der Waals surface area contributed by atoms with Gasteiger partial charge in [-0.2, -0.15) is 0 Å². The predicted octanol–water partition coefficient (Wildman–Crippen LogP) is 2.58. The fourth-order valence-corrected chi connectivity index (χ4v) is 3.49.